The van der Waals surface area contributed by atoms with E-state index in [0.29, 0.717) is 6.61 Å². The van der Waals surface area contributed by atoms with Crippen LogP contribution in [-0.2, 0) is 13.0 Å². The summed E-state index contributed by atoms with van der Waals surface area (Å²) in [6.07, 6.45) is 0.962. The molecule has 0 spiro atoms. The van der Waals surface area contributed by atoms with Crippen LogP contribution in [-0.4, -0.2) is 0 Å². The Hall–Kier alpha value is -2.84. The summed E-state index contributed by atoms with van der Waals surface area (Å²) in [4.78, 5) is 0. The van der Waals surface area contributed by atoms with E-state index in [0.717, 1.165) is 22.2 Å². The highest BCUT2D eigenvalue weighted by molar-refractivity contribution is 9.10. The van der Waals surface area contributed by atoms with Crippen LogP contribution in [0.25, 0.3) is 11.1 Å². The van der Waals surface area contributed by atoms with Crippen molar-refractivity contribution < 1.29 is 4.74 Å². The number of benzene rings is 4. The summed E-state index contributed by atoms with van der Waals surface area (Å²) in [7, 11) is 0. The maximum absolute atomic E-state index is 5.89. The van der Waals surface area contributed by atoms with Crippen LogP contribution >= 0.6 is 15.9 Å². The second-order valence-corrected chi connectivity index (χ2v) is 7.71. The molecule has 138 valence electrons. The highest BCUT2D eigenvalue weighted by Crippen LogP contribution is 2.24. The molecule has 0 N–H and O–H groups in total. The number of ether oxygens (including phenoxy) is 1. The lowest BCUT2D eigenvalue weighted by Gasteiger charge is -2.08. The first-order valence-corrected chi connectivity index (χ1v) is 10.2. The second kappa shape index (κ2) is 8.90. The SMILES string of the molecule is Brc1ccc(COc2ccc(-c3ccc(Cc4ccccc4)cc3)cc2)cc1. The smallest absolute Gasteiger partial charge is 0.119 e. The topological polar surface area (TPSA) is 9.23 Å². The fourth-order valence-corrected chi connectivity index (χ4v) is 3.40. The van der Waals surface area contributed by atoms with Crippen molar-refractivity contribution in [3.05, 3.63) is 124 Å². The van der Waals surface area contributed by atoms with Crippen LogP contribution in [0.3, 0.4) is 0 Å². The second-order valence-electron chi connectivity index (χ2n) is 6.80. The van der Waals surface area contributed by atoms with Gasteiger partial charge in [-0.05, 0) is 58.5 Å². The van der Waals surface area contributed by atoms with E-state index in [1.807, 2.05) is 24.3 Å². The first-order chi connectivity index (χ1) is 13.8. The minimum Gasteiger partial charge on any atom is -0.489 e. The van der Waals surface area contributed by atoms with Gasteiger partial charge in [-0.1, -0.05) is 94.8 Å². The van der Waals surface area contributed by atoms with Crippen molar-refractivity contribution in [1.29, 1.82) is 0 Å². The van der Waals surface area contributed by atoms with Gasteiger partial charge < -0.3 is 4.74 Å². The van der Waals surface area contributed by atoms with Crippen molar-refractivity contribution >= 4 is 15.9 Å². The lowest BCUT2D eigenvalue weighted by Crippen LogP contribution is -1.95. The maximum atomic E-state index is 5.89. The molecule has 0 amide bonds. The van der Waals surface area contributed by atoms with Crippen molar-refractivity contribution in [3.8, 4) is 16.9 Å². The zero-order valence-corrected chi connectivity index (χ0v) is 17.1. The maximum Gasteiger partial charge on any atom is 0.119 e. The molecule has 0 aromatic heterocycles. The van der Waals surface area contributed by atoms with Gasteiger partial charge in [-0.15, -0.1) is 0 Å². The number of hydrogen-bond acceptors (Lipinski definition) is 1. The van der Waals surface area contributed by atoms with Gasteiger partial charge in [0.05, 0.1) is 0 Å². The highest BCUT2D eigenvalue weighted by atomic mass is 79.9. The van der Waals surface area contributed by atoms with Gasteiger partial charge in [-0.3, -0.25) is 0 Å². The van der Waals surface area contributed by atoms with Gasteiger partial charge >= 0.3 is 0 Å². The number of rotatable bonds is 6. The molecule has 0 aliphatic rings. The van der Waals surface area contributed by atoms with Crippen LogP contribution in [0, 0.1) is 0 Å². The fourth-order valence-electron chi connectivity index (χ4n) is 3.14. The summed E-state index contributed by atoms with van der Waals surface area (Å²) in [5, 5.41) is 0. The Morgan fingerprint density at radius 2 is 1.07 bits per heavy atom. The van der Waals surface area contributed by atoms with Crippen LogP contribution in [0.1, 0.15) is 16.7 Å². The highest BCUT2D eigenvalue weighted by Gasteiger charge is 2.02. The summed E-state index contributed by atoms with van der Waals surface area (Å²) in [6.45, 7) is 0.570. The standard InChI is InChI=1S/C26H21BrO/c27-25-14-8-22(9-15-25)19-28-26-16-12-24(13-17-26)23-10-6-21(7-11-23)18-20-4-2-1-3-5-20/h1-17H,18-19H2. The number of hydrogen-bond donors (Lipinski definition) is 0. The molecule has 0 saturated heterocycles. The Labute approximate surface area is 174 Å². The van der Waals surface area contributed by atoms with Gasteiger partial charge in [-0.2, -0.15) is 0 Å². The number of halogens is 1. The van der Waals surface area contributed by atoms with Crippen molar-refractivity contribution in [1.82, 2.24) is 0 Å². The Morgan fingerprint density at radius 1 is 0.536 bits per heavy atom. The molecule has 0 aliphatic heterocycles. The third-order valence-corrected chi connectivity index (χ3v) is 5.24. The largest absolute Gasteiger partial charge is 0.489 e. The Morgan fingerprint density at radius 3 is 1.71 bits per heavy atom. The van der Waals surface area contributed by atoms with Gasteiger partial charge in [-0.25, -0.2) is 0 Å². The van der Waals surface area contributed by atoms with Gasteiger partial charge in [0.1, 0.15) is 12.4 Å². The molecular formula is C26H21BrO. The Bertz CT molecular complexity index is 1000. The van der Waals surface area contributed by atoms with E-state index >= 15 is 0 Å². The van der Waals surface area contributed by atoms with E-state index in [1.165, 1.54) is 22.3 Å². The first kappa shape index (κ1) is 18.5. The zero-order valence-electron chi connectivity index (χ0n) is 15.5. The van der Waals surface area contributed by atoms with E-state index in [1.54, 1.807) is 0 Å². The van der Waals surface area contributed by atoms with Gasteiger partial charge in [0.2, 0.25) is 0 Å². The minimum absolute atomic E-state index is 0.570. The molecule has 2 heteroatoms. The molecule has 0 bridgehead atoms. The first-order valence-electron chi connectivity index (χ1n) is 9.37. The normalized spacial score (nSPS) is 10.6. The van der Waals surface area contributed by atoms with Crippen molar-refractivity contribution in [2.45, 2.75) is 13.0 Å². The molecule has 0 unspecified atom stereocenters. The van der Waals surface area contributed by atoms with E-state index in [2.05, 4.69) is 94.8 Å². The summed E-state index contributed by atoms with van der Waals surface area (Å²) in [5.74, 6) is 0.882. The third-order valence-electron chi connectivity index (χ3n) is 4.71. The van der Waals surface area contributed by atoms with Crippen LogP contribution in [0.5, 0.6) is 5.75 Å². The molecule has 0 atom stereocenters. The van der Waals surface area contributed by atoms with Gasteiger partial charge in [0, 0.05) is 4.47 Å². The Balaban J connectivity index is 1.38. The fraction of sp³-hybridized carbons (Fsp3) is 0.0769. The van der Waals surface area contributed by atoms with E-state index in [9.17, 15) is 0 Å². The van der Waals surface area contributed by atoms with E-state index in [4.69, 9.17) is 4.74 Å². The molecule has 28 heavy (non-hydrogen) atoms. The molecule has 4 aromatic rings. The summed E-state index contributed by atoms with van der Waals surface area (Å²) < 4.78 is 6.97. The van der Waals surface area contributed by atoms with Crippen LogP contribution < -0.4 is 4.74 Å². The predicted octanol–water partition coefficient (Wildman–Crippen LogP) is 7.29. The van der Waals surface area contributed by atoms with E-state index in [-0.39, 0.29) is 0 Å². The quantitative estimate of drug-likeness (QED) is 0.313. The molecule has 4 aromatic carbocycles. The summed E-state index contributed by atoms with van der Waals surface area (Å²) in [5.41, 5.74) is 6.23. The minimum atomic E-state index is 0.570. The summed E-state index contributed by atoms with van der Waals surface area (Å²) >= 11 is 3.45. The van der Waals surface area contributed by atoms with Crippen LogP contribution in [0.15, 0.2) is 108 Å². The van der Waals surface area contributed by atoms with Crippen LogP contribution in [0.2, 0.25) is 0 Å². The molecule has 0 saturated carbocycles. The van der Waals surface area contributed by atoms with Crippen molar-refractivity contribution in [2.24, 2.45) is 0 Å². The third kappa shape index (κ3) is 4.90. The molecule has 0 heterocycles. The monoisotopic (exact) mass is 428 g/mol. The lowest BCUT2D eigenvalue weighted by molar-refractivity contribution is 0.306. The average Bonchev–Trinajstić information content (AvgIpc) is 2.75. The van der Waals surface area contributed by atoms with Gasteiger partial charge in [0.25, 0.3) is 0 Å². The van der Waals surface area contributed by atoms with Crippen LogP contribution in [0.4, 0.5) is 0 Å². The Kier molecular flexibility index (Phi) is 5.89. The molecule has 0 fully saturated rings. The summed E-state index contributed by atoms with van der Waals surface area (Å²) in [6, 6.07) is 35.9. The van der Waals surface area contributed by atoms with E-state index < -0.39 is 0 Å². The zero-order chi connectivity index (χ0) is 19.2. The lowest BCUT2D eigenvalue weighted by atomic mass is 10.0. The predicted molar refractivity (Wildman–Crippen MR) is 120 cm³/mol. The molecule has 0 radical (unpaired) electrons. The molecule has 4 rings (SSSR count). The molecular weight excluding hydrogens is 408 g/mol. The molecule has 0 aliphatic carbocycles. The van der Waals surface area contributed by atoms with Crippen molar-refractivity contribution in [2.75, 3.05) is 0 Å². The average molecular weight is 429 g/mol. The molecule has 1 nitrogen and oxygen atoms in total. The van der Waals surface area contributed by atoms with Gasteiger partial charge in [0.15, 0.2) is 0 Å². The van der Waals surface area contributed by atoms with Crippen molar-refractivity contribution in [3.63, 3.8) is 0 Å².